The van der Waals surface area contributed by atoms with Crippen LogP contribution in [0.3, 0.4) is 0 Å². The Morgan fingerprint density at radius 2 is 1.90 bits per heavy atom. The SMILES string of the molecule is CCNC(=NCc1ccc(N(C)C)cc1C)NCc1coc(-c2ccccc2)n1. The van der Waals surface area contributed by atoms with Gasteiger partial charge in [-0.15, -0.1) is 0 Å². The molecule has 0 aliphatic heterocycles. The Labute approximate surface area is 172 Å². The number of aryl methyl sites for hydroxylation is 1. The lowest BCUT2D eigenvalue weighted by Gasteiger charge is -2.15. The normalized spacial score (nSPS) is 11.4. The number of aliphatic imine (C=N–C) groups is 1. The average molecular weight is 392 g/mol. The topological polar surface area (TPSA) is 65.7 Å². The van der Waals surface area contributed by atoms with E-state index in [2.05, 4.69) is 52.6 Å². The molecular weight excluding hydrogens is 362 g/mol. The maximum atomic E-state index is 5.60. The molecule has 2 aromatic carbocycles. The first-order valence-corrected chi connectivity index (χ1v) is 9.85. The van der Waals surface area contributed by atoms with E-state index >= 15 is 0 Å². The zero-order valence-corrected chi connectivity index (χ0v) is 17.6. The molecule has 0 spiro atoms. The van der Waals surface area contributed by atoms with Crippen LogP contribution in [0.25, 0.3) is 11.5 Å². The molecule has 152 valence electrons. The first kappa shape index (κ1) is 20.5. The molecule has 3 rings (SSSR count). The van der Waals surface area contributed by atoms with Crippen molar-refractivity contribution in [3.8, 4) is 11.5 Å². The van der Waals surface area contributed by atoms with Crippen LogP contribution in [0.4, 0.5) is 5.69 Å². The molecule has 0 atom stereocenters. The Balaban J connectivity index is 1.64. The van der Waals surface area contributed by atoms with Crippen LogP contribution in [0.2, 0.25) is 0 Å². The first-order chi connectivity index (χ1) is 14.1. The van der Waals surface area contributed by atoms with Crippen LogP contribution in [0.15, 0.2) is 64.2 Å². The minimum atomic E-state index is 0.542. The fourth-order valence-electron chi connectivity index (χ4n) is 2.92. The van der Waals surface area contributed by atoms with Crippen LogP contribution in [0.1, 0.15) is 23.7 Å². The number of hydrogen-bond acceptors (Lipinski definition) is 4. The van der Waals surface area contributed by atoms with E-state index in [9.17, 15) is 0 Å². The van der Waals surface area contributed by atoms with E-state index < -0.39 is 0 Å². The van der Waals surface area contributed by atoms with Gasteiger partial charge in [-0.25, -0.2) is 9.98 Å². The van der Waals surface area contributed by atoms with Crippen molar-refractivity contribution in [1.82, 2.24) is 15.6 Å². The van der Waals surface area contributed by atoms with Crippen molar-refractivity contribution in [2.45, 2.75) is 26.9 Å². The molecule has 0 aliphatic carbocycles. The molecule has 29 heavy (non-hydrogen) atoms. The number of nitrogens with zero attached hydrogens (tertiary/aromatic N) is 3. The molecule has 0 saturated carbocycles. The standard InChI is InChI=1S/C23H29N5O/c1-5-24-23(25-14-19-11-12-21(28(3)4)13-17(19)2)26-15-20-16-29-22(27-20)18-9-7-6-8-10-18/h6-13,16H,5,14-15H2,1-4H3,(H2,24,25,26). The van der Waals surface area contributed by atoms with Gasteiger partial charge in [0, 0.05) is 31.9 Å². The number of anilines is 1. The zero-order chi connectivity index (χ0) is 20.6. The van der Waals surface area contributed by atoms with Gasteiger partial charge in [-0.3, -0.25) is 0 Å². The molecule has 0 fully saturated rings. The van der Waals surface area contributed by atoms with E-state index in [4.69, 9.17) is 9.41 Å². The highest BCUT2D eigenvalue weighted by molar-refractivity contribution is 5.79. The number of aromatic nitrogens is 1. The summed E-state index contributed by atoms with van der Waals surface area (Å²) < 4.78 is 5.60. The summed E-state index contributed by atoms with van der Waals surface area (Å²) >= 11 is 0. The summed E-state index contributed by atoms with van der Waals surface area (Å²) in [6.45, 7) is 6.12. The molecule has 0 unspecified atom stereocenters. The van der Waals surface area contributed by atoms with Crippen LogP contribution in [0.5, 0.6) is 0 Å². The number of benzene rings is 2. The molecule has 0 radical (unpaired) electrons. The summed E-state index contributed by atoms with van der Waals surface area (Å²) in [5.41, 5.74) is 5.44. The highest BCUT2D eigenvalue weighted by Crippen LogP contribution is 2.19. The minimum absolute atomic E-state index is 0.542. The number of guanidine groups is 1. The van der Waals surface area contributed by atoms with Gasteiger partial charge in [0.2, 0.25) is 5.89 Å². The second-order valence-electron chi connectivity index (χ2n) is 7.06. The molecular formula is C23H29N5O. The van der Waals surface area contributed by atoms with Gasteiger partial charge in [-0.1, -0.05) is 24.3 Å². The smallest absolute Gasteiger partial charge is 0.226 e. The Morgan fingerprint density at radius 1 is 1.10 bits per heavy atom. The third kappa shape index (κ3) is 5.60. The summed E-state index contributed by atoms with van der Waals surface area (Å²) in [7, 11) is 4.10. The lowest BCUT2D eigenvalue weighted by atomic mass is 10.1. The number of hydrogen-bond donors (Lipinski definition) is 2. The van der Waals surface area contributed by atoms with E-state index in [-0.39, 0.29) is 0 Å². The van der Waals surface area contributed by atoms with Crippen molar-refractivity contribution in [2.24, 2.45) is 4.99 Å². The quantitative estimate of drug-likeness (QED) is 0.471. The Bertz CT molecular complexity index is 947. The molecule has 0 bridgehead atoms. The summed E-state index contributed by atoms with van der Waals surface area (Å²) in [5, 5.41) is 6.61. The van der Waals surface area contributed by atoms with E-state index in [0.29, 0.717) is 19.0 Å². The monoisotopic (exact) mass is 391 g/mol. The highest BCUT2D eigenvalue weighted by atomic mass is 16.3. The van der Waals surface area contributed by atoms with Crippen molar-refractivity contribution < 1.29 is 4.42 Å². The highest BCUT2D eigenvalue weighted by Gasteiger charge is 2.07. The molecule has 0 amide bonds. The largest absolute Gasteiger partial charge is 0.444 e. The maximum absolute atomic E-state index is 5.60. The molecule has 6 heteroatoms. The average Bonchev–Trinajstić information content (AvgIpc) is 3.20. The van der Waals surface area contributed by atoms with E-state index in [0.717, 1.165) is 23.8 Å². The number of rotatable bonds is 7. The van der Waals surface area contributed by atoms with Gasteiger partial charge in [0.25, 0.3) is 0 Å². The second-order valence-corrected chi connectivity index (χ2v) is 7.06. The second kappa shape index (κ2) is 9.78. The van der Waals surface area contributed by atoms with E-state index in [1.54, 1.807) is 6.26 Å². The molecule has 1 heterocycles. The van der Waals surface area contributed by atoms with E-state index in [1.165, 1.54) is 16.8 Å². The molecule has 6 nitrogen and oxygen atoms in total. The van der Waals surface area contributed by atoms with Crippen LogP contribution in [-0.4, -0.2) is 31.6 Å². The van der Waals surface area contributed by atoms with Gasteiger partial charge in [0.1, 0.15) is 6.26 Å². The predicted octanol–water partition coefficient (Wildman–Crippen LogP) is 3.97. The van der Waals surface area contributed by atoms with Gasteiger partial charge in [-0.05, 0) is 49.2 Å². The third-order valence-electron chi connectivity index (χ3n) is 4.60. The number of nitrogens with one attached hydrogen (secondary N) is 2. The van der Waals surface area contributed by atoms with Gasteiger partial charge in [0.05, 0.1) is 18.8 Å². The fraction of sp³-hybridized carbons (Fsp3) is 0.304. The Kier molecular flexibility index (Phi) is 6.89. The fourth-order valence-corrected chi connectivity index (χ4v) is 2.92. The molecule has 0 saturated heterocycles. The van der Waals surface area contributed by atoms with E-state index in [1.807, 2.05) is 44.4 Å². The maximum Gasteiger partial charge on any atom is 0.226 e. The van der Waals surface area contributed by atoms with Crippen LogP contribution < -0.4 is 15.5 Å². The first-order valence-electron chi connectivity index (χ1n) is 9.85. The molecule has 3 aromatic rings. The van der Waals surface area contributed by atoms with Crippen LogP contribution >= 0.6 is 0 Å². The lowest BCUT2D eigenvalue weighted by molar-refractivity contribution is 0.572. The summed E-state index contributed by atoms with van der Waals surface area (Å²) in [5.74, 6) is 1.38. The summed E-state index contributed by atoms with van der Waals surface area (Å²) in [6, 6.07) is 16.3. The van der Waals surface area contributed by atoms with Gasteiger partial charge < -0.3 is 20.0 Å². The molecule has 2 N–H and O–H groups in total. The lowest BCUT2D eigenvalue weighted by Crippen LogP contribution is -2.36. The predicted molar refractivity (Wildman–Crippen MR) is 119 cm³/mol. The van der Waals surface area contributed by atoms with Crippen LogP contribution in [0, 0.1) is 6.92 Å². The van der Waals surface area contributed by atoms with Crippen molar-refractivity contribution in [2.75, 3.05) is 25.5 Å². The zero-order valence-electron chi connectivity index (χ0n) is 17.6. The summed E-state index contributed by atoms with van der Waals surface area (Å²) in [4.78, 5) is 11.4. The summed E-state index contributed by atoms with van der Waals surface area (Å²) in [6.07, 6.45) is 1.68. The van der Waals surface area contributed by atoms with Crippen molar-refractivity contribution in [3.63, 3.8) is 0 Å². The van der Waals surface area contributed by atoms with Gasteiger partial charge >= 0.3 is 0 Å². The van der Waals surface area contributed by atoms with Gasteiger partial charge in [0.15, 0.2) is 5.96 Å². The van der Waals surface area contributed by atoms with Gasteiger partial charge in [-0.2, -0.15) is 0 Å². The molecule has 1 aromatic heterocycles. The Morgan fingerprint density at radius 3 is 2.59 bits per heavy atom. The van der Waals surface area contributed by atoms with Crippen LogP contribution in [-0.2, 0) is 13.1 Å². The van der Waals surface area contributed by atoms with Crippen molar-refractivity contribution in [3.05, 3.63) is 71.6 Å². The Hall–Kier alpha value is -3.28. The molecule has 0 aliphatic rings. The van der Waals surface area contributed by atoms with Crippen molar-refractivity contribution in [1.29, 1.82) is 0 Å². The third-order valence-corrected chi connectivity index (χ3v) is 4.60. The minimum Gasteiger partial charge on any atom is -0.444 e. The number of oxazole rings is 1. The van der Waals surface area contributed by atoms with Crippen molar-refractivity contribution >= 4 is 11.6 Å².